The number of fused-ring (bicyclic) bond motifs is 1. The van der Waals surface area contributed by atoms with E-state index in [4.69, 9.17) is 19.2 Å². The van der Waals surface area contributed by atoms with Gasteiger partial charge < -0.3 is 24.1 Å². The van der Waals surface area contributed by atoms with Gasteiger partial charge in [-0.2, -0.15) is 0 Å². The Kier molecular flexibility index (Phi) is 16.9. The highest BCUT2D eigenvalue weighted by Gasteiger charge is 2.42. The van der Waals surface area contributed by atoms with E-state index < -0.39 is 39.9 Å². The van der Waals surface area contributed by atoms with Crippen molar-refractivity contribution in [2.75, 3.05) is 31.9 Å². The molecule has 2 aromatic carbocycles. The van der Waals surface area contributed by atoms with Gasteiger partial charge in [-0.25, -0.2) is 22.6 Å². The van der Waals surface area contributed by atoms with Crippen molar-refractivity contribution in [3.05, 3.63) is 77.9 Å². The molecule has 0 saturated carbocycles. The number of amides is 1. The van der Waals surface area contributed by atoms with Crippen LogP contribution in [-0.2, 0) is 29.0 Å². The molecular weight excluding hydrogens is 736 g/mol. The second-order valence-corrected chi connectivity index (χ2v) is 16.5. The third-order valence-corrected chi connectivity index (χ3v) is 12.3. The number of anilines is 1. The molecule has 0 spiro atoms. The van der Waals surface area contributed by atoms with Crippen molar-refractivity contribution in [1.82, 2.24) is 8.87 Å². The first-order chi connectivity index (χ1) is 27.3. The molecule has 1 fully saturated rings. The van der Waals surface area contributed by atoms with Crippen LogP contribution in [0, 0.1) is 5.82 Å². The van der Waals surface area contributed by atoms with Crippen LogP contribution >= 0.6 is 0 Å². The van der Waals surface area contributed by atoms with Crippen molar-refractivity contribution in [3.63, 3.8) is 0 Å². The van der Waals surface area contributed by atoms with Crippen LogP contribution in [0.4, 0.5) is 15.8 Å². The van der Waals surface area contributed by atoms with Gasteiger partial charge in [0.25, 0.3) is 15.9 Å². The van der Waals surface area contributed by atoms with Crippen molar-refractivity contribution in [3.8, 4) is 0 Å². The standard InChI is InChI=1S/C43H59FN4O7S/c1-3-5-6-7-8-9-10-11-12-13-14-15-16-17-18-23-28-48-41(45-37-26-21-22-27-39(37)56(48,51)52)40(42(49)46-36-25-20-19-24-35(36)44)47-29-33(38-31-53-32-55-38)34(30-47)43(50)54-4-2/h19-22,24-27,29-30,38,40H,3-18,23,28,31-32H2,1-2H3,(H,46,49). The van der Waals surface area contributed by atoms with Gasteiger partial charge in [0, 0.05) is 24.5 Å². The van der Waals surface area contributed by atoms with Gasteiger partial charge in [0.1, 0.15) is 23.6 Å². The lowest BCUT2D eigenvalue weighted by atomic mass is 10.0. The van der Waals surface area contributed by atoms with Gasteiger partial charge in [0.2, 0.25) is 0 Å². The number of halogens is 1. The first kappa shape index (κ1) is 43.1. The Hall–Kier alpha value is -4.07. The van der Waals surface area contributed by atoms with Gasteiger partial charge in [-0.3, -0.25) is 9.10 Å². The number of sulfonamides is 1. The number of hydrogen-bond acceptors (Lipinski definition) is 8. The molecule has 0 bridgehead atoms. The van der Waals surface area contributed by atoms with Crippen molar-refractivity contribution in [2.45, 2.75) is 134 Å². The molecule has 1 aromatic heterocycles. The van der Waals surface area contributed by atoms with Gasteiger partial charge in [-0.15, -0.1) is 0 Å². The molecule has 2 aliphatic heterocycles. The number of hydrogen-bond donors (Lipinski definition) is 1. The van der Waals surface area contributed by atoms with E-state index in [0.717, 1.165) is 25.7 Å². The normalized spacial score (nSPS) is 16.7. The van der Waals surface area contributed by atoms with Crippen LogP contribution in [0.3, 0.4) is 0 Å². The molecule has 2 unspecified atom stereocenters. The van der Waals surface area contributed by atoms with E-state index in [1.54, 1.807) is 37.4 Å². The van der Waals surface area contributed by atoms with Crippen LogP contribution in [0.1, 0.15) is 145 Å². The maximum atomic E-state index is 14.9. The summed E-state index contributed by atoms with van der Waals surface area (Å²) in [5.41, 5.74) is 0.640. The lowest BCUT2D eigenvalue weighted by Gasteiger charge is -2.34. The molecule has 0 radical (unpaired) electrons. The lowest BCUT2D eigenvalue weighted by Crippen LogP contribution is -2.47. The van der Waals surface area contributed by atoms with E-state index >= 15 is 0 Å². The number of rotatable bonds is 24. The number of carbonyl (C=O) groups excluding carboxylic acids is 2. The van der Waals surface area contributed by atoms with Crippen LogP contribution in [-0.4, -0.2) is 61.6 Å². The molecular formula is C43H59FN4O7S. The summed E-state index contributed by atoms with van der Waals surface area (Å²) in [4.78, 5) is 32.5. The van der Waals surface area contributed by atoms with Crippen molar-refractivity contribution < 1.29 is 36.6 Å². The third-order valence-electron chi connectivity index (χ3n) is 10.4. The van der Waals surface area contributed by atoms with Crippen molar-refractivity contribution in [1.29, 1.82) is 0 Å². The maximum Gasteiger partial charge on any atom is 0.340 e. The summed E-state index contributed by atoms with van der Waals surface area (Å²) in [5, 5.41) is 2.65. The number of esters is 1. The van der Waals surface area contributed by atoms with E-state index in [9.17, 15) is 22.4 Å². The number of carbonyl (C=O) groups is 2. The number of unbranched alkanes of at least 4 members (excludes halogenated alkanes) is 15. The molecule has 56 heavy (non-hydrogen) atoms. The Labute approximate surface area is 332 Å². The minimum atomic E-state index is -4.17. The molecule has 1 N–H and O–H groups in total. The second kappa shape index (κ2) is 22.0. The third kappa shape index (κ3) is 11.5. The number of aromatic nitrogens is 1. The molecule has 2 aliphatic rings. The minimum absolute atomic E-state index is 0.0180. The lowest BCUT2D eigenvalue weighted by molar-refractivity contribution is -0.117. The zero-order valence-electron chi connectivity index (χ0n) is 33.1. The number of ether oxygens (including phenoxy) is 3. The molecule has 13 heteroatoms. The van der Waals surface area contributed by atoms with Crippen molar-refractivity contribution in [2.24, 2.45) is 4.99 Å². The Morgan fingerprint density at radius 1 is 0.857 bits per heavy atom. The number of amidine groups is 1. The summed E-state index contributed by atoms with van der Waals surface area (Å²) in [7, 11) is -4.17. The average Bonchev–Trinajstić information content (AvgIpc) is 3.88. The molecule has 3 aromatic rings. The minimum Gasteiger partial charge on any atom is -0.462 e. The molecule has 3 heterocycles. The smallest absolute Gasteiger partial charge is 0.340 e. The van der Waals surface area contributed by atoms with Crippen LogP contribution in [0.15, 0.2) is 70.8 Å². The van der Waals surface area contributed by atoms with Crippen LogP contribution < -0.4 is 5.32 Å². The van der Waals surface area contributed by atoms with E-state index in [1.807, 2.05) is 0 Å². The van der Waals surface area contributed by atoms with Crippen LogP contribution in [0.5, 0.6) is 0 Å². The average molecular weight is 795 g/mol. The van der Waals surface area contributed by atoms with Crippen LogP contribution in [0.2, 0.25) is 0 Å². The predicted octanol–water partition coefficient (Wildman–Crippen LogP) is 10.0. The number of nitrogens with one attached hydrogen (secondary N) is 1. The maximum absolute atomic E-state index is 14.9. The zero-order valence-corrected chi connectivity index (χ0v) is 33.9. The monoisotopic (exact) mass is 794 g/mol. The van der Waals surface area contributed by atoms with Gasteiger partial charge in [-0.05, 0) is 37.6 Å². The van der Waals surface area contributed by atoms with Gasteiger partial charge in [0.05, 0.1) is 30.2 Å². The highest BCUT2D eigenvalue weighted by molar-refractivity contribution is 7.90. The molecule has 1 saturated heterocycles. The predicted molar refractivity (Wildman–Crippen MR) is 216 cm³/mol. The number of para-hydroxylation sites is 2. The largest absolute Gasteiger partial charge is 0.462 e. The summed E-state index contributed by atoms with van der Waals surface area (Å²) in [5.74, 6) is -2.12. The van der Waals surface area contributed by atoms with E-state index in [0.29, 0.717) is 12.0 Å². The molecule has 5 rings (SSSR count). The van der Waals surface area contributed by atoms with E-state index in [2.05, 4.69) is 12.2 Å². The van der Waals surface area contributed by atoms with Gasteiger partial charge in [-0.1, -0.05) is 128 Å². The number of nitrogens with zero attached hydrogens (tertiary/aromatic N) is 3. The summed E-state index contributed by atoms with van der Waals surface area (Å²) in [6.07, 6.45) is 21.3. The van der Waals surface area contributed by atoms with E-state index in [-0.39, 0.29) is 54.2 Å². The zero-order chi connectivity index (χ0) is 39.8. The summed E-state index contributed by atoms with van der Waals surface area (Å²) < 4.78 is 62.8. The Balaban J connectivity index is 1.32. The Bertz CT molecular complexity index is 1860. The molecule has 2 atom stereocenters. The van der Waals surface area contributed by atoms with E-state index in [1.165, 1.54) is 110 Å². The first-order valence-corrected chi connectivity index (χ1v) is 22.0. The fourth-order valence-electron chi connectivity index (χ4n) is 7.36. The summed E-state index contributed by atoms with van der Waals surface area (Å²) >= 11 is 0. The van der Waals surface area contributed by atoms with Gasteiger partial charge in [0.15, 0.2) is 11.9 Å². The SMILES string of the molecule is CCCCCCCCCCCCCCCCCCN1C(C(C(=O)Nc2ccccc2F)n2cc(C(=O)OCC)c(C3COCO3)c2)=Nc2ccccc2S1(=O)=O. The van der Waals surface area contributed by atoms with Crippen LogP contribution in [0.25, 0.3) is 0 Å². The summed E-state index contributed by atoms with van der Waals surface area (Å²) in [6, 6.07) is 10.7. The quantitative estimate of drug-likeness (QED) is 0.0706. The Morgan fingerprint density at radius 2 is 1.46 bits per heavy atom. The van der Waals surface area contributed by atoms with Crippen molar-refractivity contribution >= 4 is 39.1 Å². The molecule has 306 valence electrons. The second-order valence-electron chi connectivity index (χ2n) is 14.6. The highest BCUT2D eigenvalue weighted by atomic mass is 32.2. The molecule has 0 aliphatic carbocycles. The van der Waals surface area contributed by atoms with Gasteiger partial charge >= 0.3 is 5.97 Å². The Morgan fingerprint density at radius 3 is 2.07 bits per heavy atom. The fraction of sp³-hybridized carbons (Fsp3) is 0.558. The number of benzene rings is 2. The summed E-state index contributed by atoms with van der Waals surface area (Å²) in [6.45, 7) is 4.30. The number of aliphatic imine (C=N–C) groups is 1. The topological polar surface area (TPSA) is 129 Å². The fourth-order valence-corrected chi connectivity index (χ4v) is 8.99. The first-order valence-electron chi connectivity index (χ1n) is 20.6. The highest BCUT2D eigenvalue weighted by Crippen LogP contribution is 2.37. The molecule has 11 nitrogen and oxygen atoms in total. The molecule has 1 amide bonds.